The molecule has 1 heterocycles. The van der Waals surface area contributed by atoms with Gasteiger partial charge in [-0.25, -0.2) is 4.98 Å². The Morgan fingerprint density at radius 2 is 1.92 bits per heavy atom. The first-order valence-corrected chi connectivity index (χ1v) is 7.76. The van der Waals surface area contributed by atoms with Gasteiger partial charge < -0.3 is 10.1 Å². The van der Waals surface area contributed by atoms with Crippen LogP contribution in [0.4, 0.5) is 24.8 Å². The maximum atomic E-state index is 13.0. The average Bonchev–Trinajstić information content (AvgIpc) is 2.52. The van der Waals surface area contributed by atoms with Gasteiger partial charge in [-0.1, -0.05) is 39.0 Å². The van der Waals surface area contributed by atoms with E-state index in [0.717, 1.165) is 17.4 Å². The van der Waals surface area contributed by atoms with Crippen molar-refractivity contribution in [2.45, 2.75) is 39.3 Å². The molecule has 0 saturated heterocycles. The van der Waals surface area contributed by atoms with Gasteiger partial charge in [0, 0.05) is 11.9 Å². The van der Waals surface area contributed by atoms with Crippen LogP contribution in [0.5, 0.6) is 5.88 Å². The molecule has 1 N–H and O–H groups in total. The highest BCUT2D eigenvalue weighted by atomic mass is 19.4. The first kappa shape index (κ1) is 18.0. The van der Waals surface area contributed by atoms with Crippen molar-refractivity contribution in [2.75, 3.05) is 11.9 Å². The fourth-order valence-corrected chi connectivity index (χ4v) is 2.16. The number of alkyl halides is 3. The highest BCUT2D eigenvalue weighted by molar-refractivity contribution is 5.59. The van der Waals surface area contributed by atoms with Crippen LogP contribution in [0, 0.1) is 0 Å². The maximum Gasteiger partial charge on any atom is 0.423 e. The summed E-state index contributed by atoms with van der Waals surface area (Å²) in [5.41, 5.74) is 0.810. The lowest BCUT2D eigenvalue weighted by Crippen LogP contribution is -2.13. The number of nitrogens with zero attached hydrogens (tertiary/aromatic N) is 2. The van der Waals surface area contributed by atoms with E-state index in [1.165, 1.54) is 0 Å². The Balaban J connectivity index is 2.35. The second-order valence-electron chi connectivity index (χ2n) is 5.63. The number of hydrogen-bond donors (Lipinski definition) is 1. The molecule has 0 saturated carbocycles. The zero-order valence-corrected chi connectivity index (χ0v) is 13.8. The van der Waals surface area contributed by atoms with E-state index in [1.807, 2.05) is 45.0 Å². The van der Waals surface area contributed by atoms with Crippen LogP contribution in [0.3, 0.4) is 0 Å². The van der Waals surface area contributed by atoms with Gasteiger partial charge in [0.05, 0.1) is 6.61 Å². The Labute approximate surface area is 139 Å². The summed E-state index contributed by atoms with van der Waals surface area (Å²) in [5.74, 6) is -0.134. The summed E-state index contributed by atoms with van der Waals surface area (Å²) in [6.45, 7) is 6.03. The summed E-state index contributed by atoms with van der Waals surface area (Å²) in [6.07, 6.45) is -3.23. The molecule has 1 aromatic carbocycles. The fourth-order valence-electron chi connectivity index (χ4n) is 2.16. The van der Waals surface area contributed by atoms with Gasteiger partial charge in [0.15, 0.2) is 0 Å². The third-order valence-corrected chi connectivity index (χ3v) is 3.33. The molecule has 1 aromatic heterocycles. The molecule has 2 rings (SSSR count). The molecular formula is C17H20F3N3O. The predicted octanol–water partition coefficient (Wildman–Crippen LogP) is 5.15. The number of hydrogen-bond acceptors (Lipinski definition) is 4. The van der Waals surface area contributed by atoms with Gasteiger partial charge in [0.25, 0.3) is 0 Å². The minimum absolute atomic E-state index is 0.0715. The average molecular weight is 339 g/mol. The van der Waals surface area contributed by atoms with Crippen molar-refractivity contribution < 1.29 is 17.9 Å². The molecule has 7 heteroatoms. The summed E-state index contributed by atoms with van der Waals surface area (Å²) in [7, 11) is 0. The van der Waals surface area contributed by atoms with Gasteiger partial charge in [0.2, 0.25) is 11.8 Å². The standard InChI is InChI=1S/C17H20F3N3O/c1-4-9-24-15-13(17(18,19)20)10-21-16(23-15)22-14-8-6-5-7-12(14)11(2)3/h5-8,10-11H,4,9H2,1-3H3,(H,21,22,23). The van der Waals surface area contributed by atoms with Crippen LogP contribution in [0.1, 0.15) is 44.2 Å². The zero-order chi connectivity index (χ0) is 17.7. The van der Waals surface area contributed by atoms with E-state index in [2.05, 4.69) is 15.3 Å². The summed E-state index contributed by atoms with van der Waals surface area (Å²) < 4.78 is 44.2. The van der Waals surface area contributed by atoms with Crippen molar-refractivity contribution in [3.05, 3.63) is 41.6 Å². The lowest BCUT2D eigenvalue weighted by Gasteiger charge is -2.16. The quantitative estimate of drug-likeness (QED) is 0.790. The van der Waals surface area contributed by atoms with Crippen molar-refractivity contribution in [2.24, 2.45) is 0 Å². The van der Waals surface area contributed by atoms with E-state index in [9.17, 15) is 13.2 Å². The minimum Gasteiger partial charge on any atom is -0.477 e. The normalized spacial score (nSPS) is 11.6. The van der Waals surface area contributed by atoms with Crippen molar-refractivity contribution >= 4 is 11.6 Å². The number of rotatable bonds is 6. The second-order valence-corrected chi connectivity index (χ2v) is 5.63. The van der Waals surface area contributed by atoms with E-state index in [-0.39, 0.29) is 18.5 Å². The Morgan fingerprint density at radius 1 is 1.21 bits per heavy atom. The van der Waals surface area contributed by atoms with Crippen LogP contribution in [-0.2, 0) is 6.18 Å². The van der Waals surface area contributed by atoms with Crippen LogP contribution < -0.4 is 10.1 Å². The van der Waals surface area contributed by atoms with E-state index >= 15 is 0 Å². The summed E-state index contributed by atoms with van der Waals surface area (Å²) >= 11 is 0. The lowest BCUT2D eigenvalue weighted by atomic mass is 10.0. The Bertz CT molecular complexity index is 687. The lowest BCUT2D eigenvalue weighted by molar-refractivity contribution is -0.139. The Hall–Kier alpha value is -2.31. The Morgan fingerprint density at radius 3 is 2.54 bits per heavy atom. The molecule has 0 amide bonds. The molecule has 0 radical (unpaired) electrons. The number of para-hydroxylation sites is 1. The molecule has 24 heavy (non-hydrogen) atoms. The van der Waals surface area contributed by atoms with Crippen LogP contribution in [-0.4, -0.2) is 16.6 Å². The topological polar surface area (TPSA) is 47.0 Å². The summed E-state index contributed by atoms with van der Waals surface area (Å²) in [6, 6.07) is 7.53. The van der Waals surface area contributed by atoms with Gasteiger partial charge in [-0.2, -0.15) is 18.2 Å². The first-order chi connectivity index (χ1) is 11.3. The second kappa shape index (κ2) is 7.51. The highest BCUT2D eigenvalue weighted by Crippen LogP contribution is 2.35. The van der Waals surface area contributed by atoms with Crippen molar-refractivity contribution in [1.82, 2.24) is 9.97 Å². The first-order valence-electron chi connectivity index (χ1n) is 7.76. The van der Waals surface area contributed by atoms with Crippen LogP contribution >= 0.6 is 0 Å². The molecule has 2 aromatic rings. The summed E-state index contributed by atoms with van der Waals surface area (Å²) in [4.78, 5) is 7.70. The highest BCUT2D eigenvalue weighted by Gasteiger charge is 2.36. The van der Waals surface area contributed by atoms with Gasteiger partial charge in [-0.05, 0) is 24.0 Å². The van der Waals surface area contributed by atoms with Crippen molar-refractivity contribution in [3.63, 3.8) is 0 Å². The van der Waals surface area contributed by atoms with Crippen LogP contribution in [0.25, 0.3) is 0 Å². The van der Waals surface area contributed by atoms with Crippen LogP contribution in [0.15, 0.2) is 30.5 Å². The molecule has 0 aliphatic heterocycles. The SMILES string of the molecule is CCCOc1nc(Nc2ccccc2C(C)C)ncc1C(F)(F)F. The predicted molar refractivity (Wildman–Crippen MR) is 86.6 cm³/mol. The number of benzene rings is 1. The van der Waals surface area contributed by atoms with Gasteiger partial charge in [-0.3, -0.25) is 0 Å². The molecule has 0 atom stereocenters. The van der Waals surface area contributed by atoms with Gasteiger partial charge in [0.1, 0.15) is 5.56 Å². The minimum atomic E-state index is -4.56. The number of anilines is 2. The maximum absolute atomic E-state index is 13.0. The van der Waals surface area contributed by atoms with Crippen LogP contribution in [0.2, 0.25) is 0 Å². The smallest absolute Gasteiger partial charge is 0.423 e. The molecule has 0 fully saturated rings. The molecule has 4 nitrogen and oxygen atoms in total. The zero-order valence-electron chi connectivity index (χ0n) is 13.8. The number of nitrogens with one attached hydrogen (secondary N) is 1. The molecule has 130 valence electrons. The molecule has 0 unspecified atom stereocenters. The monoisotopic (exact) mass is 339 g/mol. The molecule has 0 spiro atoms. The largest absolute Gasteiger partial charge is 0.477 e. The van der Waals surface area contributed by atoms with Crippen molar-refractivity contribution in [3.8, 4) is 5.88 Å². The fraction of sp³-hybridized carbons (Fsp3) is 0.412. The number of aromatic nitrogens is 2. The van der Waals surface area contributed by atoms with Gasteiger partial charge >= 0.3 is 6.18 Å². The molecule has 0 aliphatic carbocycles. The molecule has 0 aliphatic rings. The number of ether oxygens (including phenoxy) is 1. The van der Waals surface area contributed by atoms with Gasteiger partial charge in [-0.15, -0.1) is 0 Å². The number of halogens is 3. The Kier molecular flexibility index (Phi) is 5.64. The molecule has 0 bridgehead atoms. The third kappa shape index (κ3) is 4.37. The molecular weight excluding hydrogens is 319 g/mol. The van der Waals surface area contributed by atoms with E-state index in [1.54, 1.807) is 0 Å². The van der Waals surface area contributed by atoms with E-state index in [0.29, 0.717) is 6.42 Å². The van der Waals surface area contributed by atoms with Crippen molar-refractivity contribution in [1.29, 1.82) is 0 Å². The summed E-state index contributed by atoms with van der Waals surface area (Å²) in [5, 5.41) is 2.98. The third-order valence-electron chi connectivity index (χ3n) is 3.33. The van der Waals surface area contributed by atoms with E-state index < -0.39 is 17.6 Å². The van der Waals surface area contributed by atoms with E-state index in [4.69, 9.17) is 4.74 Å².